The van der Waals surface area contributed by atoms with Crippen molar-refractivity contribution < 1.29 is 14.9 Å². The zero-order valence-electron chi connectivity index (χ0n) is 21.6. The van der Waals surface area contributed by atoms with Gasteiger partial charge in [-0.05, 0) is 91.7 Å². The molecule has 0 bridgehead atoms. The van der Waals surface area contributed by atoms with Crippen molar-refractivity contribution in [3.8, 4) is 17.5 Å². The molecule has 2 heterocycles. The molecule has 2 N–H and O–H groups in total. The normalized spacial score (nSPS) is 11.3. The second kappa shape index (κ2) is 11.8. The lowest BCUT2D eigenvalue weighted by Gasteiger charge is -2.24. The Morgan fingerprint density at radius 1 is 0.775 bits per heavy atom. The van der Waals surface area contributed by atoms with Gasteiger partial charge in [0.25, 0.3) is 11.1 Å². The molecule has 0 aliphatic heterocycles. The van der Waals surface area contributed by atoms with Crippen LogP contribution in [0.15, 0.2) is 59.4 Å². The zero-order chi connectivity index (χ0) is 29.6. The standard InChI is InChI=1S/C26H23Br3N4O5S2/c1-30-21(34)18(22(35)31(2)25(30)39)17(19-23(36)32(3)26(40)33(4)24(19)37)13-9-15(28)20(16(29)10-13)38-11-12-5-7-14(27)8-6-12/h5-10,17,34,36H,11H2,1-4H3. The first kappa shape index (κ1) is 30.4. The van der Waals surface area contributed by atoms with Crippen LogP contribution in [0.25, 0.3) is 0 Å². The molecule has 0 radical (unpaired) electrons. The van der Waals surface area contributed by atoms with Gasteiger partial charge in [-0.3, -0.25) is 27.9 Å². The predicted octanol–water partition coefficient (Wildman–Crippen LogP) is 5.68. The highest BCUT2D eigenvalue weighted by Crippen LogP contribution is 2.42. The van der Waals surface area contributed by atoms with Crippen LogP contribution in [0.5, 0.6) is 17.5 Å². The molecule has 210 valence electrons. The summed E-state index contributed by atoms with van der Waals surface area (Å²) in [6, 6.07) is 11.0. The highest BCUT2D eigenvalue weighted by atomic mass is 79.9. The van der Waals surface area contributed by atoms with Crippen LogP contribution >= 0.6 is 72.2 Å². The molecule has 2 aromatic heterocycles. The number of hydrogen-bond acceptors (Lipinski definition) is 7. The van der Waals surface area contributed by atoms with E-state index in [1.54, 1.807) is 12.1 Å². The van der Waals surface area contributed by atoms with Crippen LogP contribution in [0.1, 0.15) is 28.2 Å². The minimum atomic E-state index is -1.21. The maximum Gasteiger partial charge on any atom is 0.262 e. The van der Waals surface area contributed by atoms with E-state index >= 15 is 0 Å². The molecule has 4 aromatic rings. The van der Waals surface area contributed by atoms with E-state index in [4.69, 9.17) is 29.2 Å². The van der Waals surface area contributed by atoms with E-state index in [-0.39, 0.29) is 27.3 Å². The summed E-state index contributed by atoms with van der Waals surface area (Å²) in [5, 5.41) is 22.4. The lowest BCUT2D eigenvalue weighted by molar-refractivity contribution is 0.302. The van der Waals surface area contributed by atoms with Gasteiger partial charge in [-0.2, -0.15) is 0 Å². The van der Waals surface area contributed by atoms with E-state index in [1.807, 2.05) is 24.3 Å². The van der Waals surface area contributed by atoms with E-state index in [1.165, 1.54) is 46.5 Å². The van der Waals surface area contributed by atoms with Crippen molar-refractivity contribution >= 4 is 72.2 Å². The minimum absolute atomic E-state index is 0.0765. The van der Waals surface area contributed by atoms with Gasteiger partial charge in [-0.1, -0.05) is 28.1 Å². The molecule has 2 aromatic carbocycles. The Balaban J connectivity index is 1.99. The van der Waals surface area contributed by atoms with Crippen molar-refractivity contribution in [1.82, 2.24) is 18.3 Å². The Morgan fingerprint density at radius 2 is 1.20 bits per heavy atom. The molecule has 0 aliphatic carbocycles. The van der Waals surface area contributed by atoms with Crippen molar-refractivity contribution in [2.24, 2.45) is 28.2 Å². The fourth-order valence-electron chi connectivity index (χ4n) is 4.32. The van der Waals surface area contributed by atoms with E-state index < -0.39 is 28.8 Å². The van der Waals surface area contributed by atoms with Gasteiger partial charge in [0.2, 0.25) is 11.8 Å². The molecule has 40 heavy (non-hydrogen) atoms. The van der Waals surface area contributed by atoms with Gasteiger partial charge >= 0.3 is 0 Å². The van der Waals surface area contributed by atoms with Crippen LogP contribution < -0.4 is 15.9 Å². The Hall–Kier alpha value is -2.52. The fraction of sp³-hybridized carbons (Fsp3) is 0.231. The van der Waals surface area contributed by atoms with E-state index in [0.717, 1.165) is 10.0 Å². The second-order valence-electron chi connectivity index (χ2n) is 9.05. The summed E-state index contributed by atoms with van der Waals surface area (Å²) >= 11 is 21.1. The molecule has 0 spiro atoms. The second-order valence-corrected chi connectivity index (χ2v) is 12.4. The number of rotatable bonds is 6. The quantitative estimate of drug-likeness (QED) is 0.243. The topological polar surface area (TPSA) is 104 Å². The molecule has 0 amide bonds. The Labute approximate surface area is 264 Å². The van der Waals surface area contributed by atoms with Gasteiger partial charge in [0.05, 0.1) is 26.0 Å². The summed E-state index contributed by atoms with van der Waals surface area (Å²) in [4.78, 5) is 27.2. The molecule has 0 saturated heterocycles. The summed E-state index contributed by atoms with van der Waals surface area (Å²) in [7, 11) is 5.96. The Bertz CT molecular complexity index is 1790. The maximum atomic E-state index is 13.6. The number of hydrogen-bond donors (Lipinski definition) is 2. The third-order valence-corrected chi connectivity index (χ3v) is 9.36. The third kappa shape index (κ3) is 5.39. The van der Waals surface area contributed by atoms with Gasteiger partial charge in [-0.15, -0.1) is 0 Å². The molecular weight excluding hydrogens is 752 g/mol. The highest BCUT2D eigenvalue weighted by molar-refractivity contribution is 9.11. The summed E-state index contributed by atoms with van der Waals surface area (Å²) in [6.07, 6.45) is 0. The lowest BCUT2D eigenvalue weighted by atomic mass is 9.86. The van der Waals surface area contributed by atoms with Gasteiger partial charge in [0.1, 0.15) is 12.4 Å². The number of nitrogens with zero attached hydrogens (tertiary/aromatic N) is 4. The molecule has 4 rings (SSSR count). The van der Waals surface area contributed by atoms with Crippen LogP contribution in [0.4, 0.5) is 0 Å². The first-order valence-corrected chi connectivity index (χ1v) is 14.8. The molecule has 9 nitrogen and oxygen atoms in total. The van der Waals surface area contributed by atoms with Gasteiger partial charge < -0.3 is 14.9 Å². The van der Waals surface area contributed by atoms with Crippen LogP contribution in [0, 0.1) is 9.54 Å². The molecule has 0 fully saturated rings. The first-order valence-electron chi connectivity index (χ1n) is 11.6. The van der Waals surface area contributed by atoms with Crippen LogP contribution in [0.2, 0.25) is 0 Å². The first-order chi connectivity index (χ1) is 18.8. The van der Waals surface area contributed by atoms with Gasteiger partial charge in [0.15, 0.2) is 9.54 Å². The van der Waals surface area contributed by atoms with Crippen LogP contribution in [-0.2, 0) is 34.8 Å². The van der Waals surface area contributed by atoms with Crippen LogP contribution in [-0.4, -0.2) is 28.5 Å². The lowest BCUT2D eigenvalue weighted by Crippen LogP contribution is -2.33. The monoisotopic (exact) mass is 772 g/mol. The zero-order valence-corrected chi connectivity index (χ0v) is 28.0. The number of ether oxygens (including phenoxy) is 1. The highest BCUT2D eigenvalue weighted by Gasteiger charge is 2.33. The smallest absolute Gasteiger partial charge is 0.262 e. The van der Waals surface area contributed by atoms with Gasteiger partial charge in [0, 0.05) is 32.7 Å². The maximum absolute atomic E-state index is 13.6. The molecular formula is C26H23Br3N4O5S2. The number of halogens is 3. The van der Waals surface area contributed by atoms with Crippen molar-refractivity contribution in [1.29, 1.82) is 0 Å². The SMILES string of the molecule is Cn1c(O)c(C(c2cc(Br)c(OCc3ccc(Br)cc3)c(Br)c2)c2c(O)n(C)c(=S)n(C)c2=O)c(=O)n(C)c1=S. The molecule has 14 heteroatoms. The summed E-state index contributed by atoms with van der Waals surface area (Å²) in [6.45, 7) is 0.280. The number of aromatic nitrogens is 4. The number of benzene rings is 2. The fourth-order valence-corrected chi connectivity index (χ4v) is 6.38. The van der Waals surface area contributed by atoms with E-state index in [9.17, 15) is 19.8 Å². The number of aromatic hydroxyl groups is 2. The van der Waals surface area contributed by atoms with Crippen molar-refractivity contribution in [2.45, 2.75) is 12.5 Å². The third-order valence-electron chi connectivity index (χ3n) is 6.56. The summed E-state index contributed by atoms with van der Waals surface area (Å²) in [5.74, 6) is -1.60. The van der Waals surface area contributed by atoms with Crippen molar-refractivity contribution in [2.75, 3.05) is 0 Å². The molecule has 0 aliphatic rings. The van der Waals surface area contributed by atoms with Gasteiger partial charge in [-0.25, -0.2) is 0 Å². The average molecular weight is 775 g/mol. The Morgan fingerprint density at radius 3 is 1.62 bits per heavy atom. The molecule has 0 unspecified atom stereocenters. The van der Waals surface area contributed by atoms with Crippen LogP contribution in [0.3, 0.4) is 0 Å². The minimum Gasteiger partial charge on any atom is -0.494 e. The molecule has 0 saturated carbocycles. The largest absolute Gasteiger partial charge is 0.494 e. The summed E-state index contributed by atoms with van der Waals surface area (Å²) in [5.41, 5.74) is -0.196. The average Bonchev–Trinajstić information content (AvgIpc) is 2.92. The van der Waals surface area contributed by atoms with E-state index in [2.05, 4.69) is 47.8 Å². The van der Waals surface area contributed by atoms with Crippen molar-refractivity contribution in [3.63, 3.8) is 0 Å². The molecule has 0 atom stereocenters. The summed E-state index contributed by atoms with van der Waals surface area (Å²) < 4.78 is 13.1. The Kier molecular flexibility index (Phi) is 8.95. The predicted molar refractivity (Wildman–Crippen MR) is 168 cm³/mol. The van der Waals surface area contributed by atoms with Crippen molar-refractivity contribution in [3.05, 3.63) is 102 Å². The van der Waals surface area contributed by atoms with E-state index in [0.29, 0.717) is 20.3 Å².